The number of rotatable bonds is 6. The van der Waals surface area contributed by atoms with E-state index in [-0.39, 0.29) is 18.1 Å². The van der Waals surface area contributed by atoms with E-state index in [1.54, 1.807) is 62.8 Å². The number of carbonyl (C=O) groups is 2. The summed E-state index contributed by atoms with van der Waals surface area (Å²) in [5.41, 5.74) is 2.60. The van der Waals surface area contributed by atoms with Crippen LogP contribution < -0.4 is 4.90 Å². The predicted octanol–water partition coefficient (Wildman–Crippen LogP) is 4.08. The molecule has 0 spiro atoms. The van der Waals surface area contributed by atoms with Crippen LogP contribution in [0, 0.1) is 5.82 Å². The molecule has 3 aromatic rings. The lowest BCUT2D eigenvalue weighted by Gasteiger charge is -2.17. The molecule has 6 heteroatoms. The number of aromatic nitrogens is 2. The number of benzene rings is 1. The highest BCUT2D eigenvalue weighted by atomic mass is 19.1. The quantitative estimate of drug-likeness (QED) is 0.607. The fourth-order valence-electron chi connectivity index (χ4n) is 2.82. The zero-order chi connectivity index (χ0) is 20.1. The summed E-state index contributed by atoms with van der Waals surface area (Å²) in [6.07, 6.45) is 5.33. The van der Waals surface area contributed by atoms with E-state index in [4.69, 9.17) is 0 Å². The molecule has 0 aliphatic heterocycles. The number of pyridine rings is 2. The lowest BCUT2D eigenvalue weighted by atomic mass is 10.0. The first-order chi connectivity index (χ1) is 13.5. The minimum Gasteiger partial charge on any atom is -0.315 e. The van der Waals surface area contributed by atoms with Gasteiger partial charge < -0.3 is 4.90 Å². The van der Waals surface area contributed by atoms with E-state index in [9.17, 15) is 14.0 Å². The summed E-state index contributed by atoms with van der Waals surface area (Å²) in [5.74, 6) is -0.662. The van der Waals surface area contributed by atoms with Gasteiger partial charge in [0.1, 0.15) is 11.5 Å². The Bertz CT molecular complexity index is 988. The number of nitrogens with zero attached hydrogens (tertiary/aromatic N) is 3. The van der Waals surface area contributed by atoms with Gasteiger partial charge in [-0.05, 0) is 42.0 Å². The van der Waals surface area contributed by atoms with Gasteiger partial charge in [0, 0.05) is 55.3 Å². The first-order valence-corrected chi connectivity index (χ1v) is 8.94. The van der Waals surface area contributed by atoms with Crippen LogP contribution in [0.2, 0.25) is 0 Å². The maximum absolute atomic E-state index is 14.6. The Hall–Kier alpha value is -3.41. The fraction of sp³-hybridized carbons (Fsp3) is 0.182. The van der Waals surface area contributed by atoms with Gasteiger partial charge in [-0.1, -0.05) is 13.0 Å². The molecular formula is C22H20FN3O2. The zero-order valence-electron chi connectivity index (χ0n) is 15.7. The number of halogens is 1. The maximum Gasteiger partial charge on any atom is 0.226 e. The van der Waals surface area contributed by atoms with Crippen molar-refractivity contribution in [2.75, 3.05) is 11.9 Å². The summed E-state index contributed by atoms with van der Waals surface area (Å²) >= 11 is 0. The summed E-state index contributed by atoms with van der Waals surface area (Å²) in [7, 11) is 1.62. The van der Waals surface area contributed by atoms with Gasteiger partial charge in [0.2, 0.25) is 5.91 Å². The Morgan fingerprint density at radius 1 is 1.07 bits per heavy atom. The lowest BCUT2D eigenvalue weighted by molar-refractivity contribution is -0.118. The molecular weight excluding hydrogens is 357 g/mol. The highest BCUT2D eigenvalue weighted by Crippen LogP contribution is 2.26. The number of hydrogen-bond acceptors (Lipinski definition) is 4. The minimum absolute atomic E-state index is 0.0918. The molecule has 2 heterocycles. The Morgan fingerprint density at radius 3 is 2.43 bits per heavy atom. The summed E-state index contributed by atoms with van der Waals surface area (Å²) in [5, 5.41) is 0. The van der Waals surface area contributed by atoms with Crippen molar-refractivity contribution in [2.45, 2.75) is 19.8 Å². The van der Waals surface area contributed by atoms with Crippen molar-refractivity contribution in [3.05, 3.63) is 78.1 Å². The molecule has 1 aromatic carbocycles. The van der Waals surface area contributed by atoms with Crippen LogP contribution in [0.25, 0.3) is 11.1 Å². The monoisotopic (exact) mass is 377 g/mol. The molecule has 0 saturated heterocycles. The van der Waals surface area contributed by atoms with Gasteiger partial charge in [-0.15, -0.1) is 0 Å². The van der Waals surface area contributed by atoms with Crippen molar-refractivity contribution in [1.82, 2.24) is 9.97 Å². The molecule has 0 atom stereocenters. The first kappa shape index (κ1) is 19.4. The maximum atomic E-state index is 14.6. The van der Waals surface area contributed by atoms with Crippen molar-refractivity contribution < 1.29 is 14.0 Å². The standard InChI is InChI=1S/C22H20FN3O2/c1-3-22(28)26(2)17-5-6-18(19(23)13-17)16-4-7-20(25-14-16)21(27)12-15-8-10-24-11-9-15/h4-11,13-14H,3,12H2,1-2H3. The Balaban J connectivity index is 1.78. The van der Waals surface area contributed by atoms with Gasteiger partial charge in [-0.25, -0.2) is 4.39 Å². The first-order valence-electron chi connectivity index (χ1n) is 8.94. The van der Waals surface area contributed by atoms with Crippen LogP contribution in [0.3, 0.4) is 0 Å². The summed E-state index contributed by atoms with van der Waals surface area (Å²) in [6.45, 7) is 1.76. The molecule has 0 fully saturated rings. The molecule has 1 amide bonds. The average Bonchev–Trinajstić information content (AvgIpc) is 2.73. The second-order valence-electron chi connectivity index (χ2n) is 6.36. The summed E-state index contributed by atoms with van der Waals surface area (Å²) < 4.78 is 14.6. The van der Waals surface area contributed by atoms with Gasteiger partial charge in [0.05, 0.1) is 0 Å². The molecule has 0 saturated carbocycles. The smallest absolute Gasteiger partial charge is 0.226 e. The molecule has 28 heavy (non-hydrogen) atoms. The van der Waals surface area contributed by atoms with Crippen molar-refractivity contribution in [3.8, 4) is 11.1 Å². The molecule has 142 valence electrons. The van der Waals surface area contributed by atoms with E-state index in [0.29, 0.717) is 28.9 Å². The van der Waals surface area contributed by atoms with E-state index in [2.05, 4.69) is 9.97 Å². The van der Waals surface area contributed by atoms with Crippen molar-refractivity contribution >= 4 is 17.4 Å². The van der Waals surface area contributed by atoms with Crippen LogP contribution in [0.4, 0.5) is 10.1 Å². The van der Waals surface area contributed by atoms with E-state index < -0.39 is 5.82 Å². The van der Waals surface area contributed by atoms with Crippen LogP contribution in [0.1, 0.15) is 29.4 Å². The molecule has 3 rings (SSSR count). The van der Waals surface area contributed by atoms with Gasteiger partial charge >= 0.3 is 0 Å². The number of ketones is 1. The third-order valence-electron chi connectivity index (χ3n) is 4.49. The second-order valence-corrected chi connectivity index (χ2v) is 6.36. The molecule has 0 aliphatic carbocycles. The molecule has 5 nitrogen and oxygen atoms in total. The van der Waals surface area contributed by atoms with E-state index >= 15 is 0 Å². The Labute approximate surface area is 162 Å². The van der Waals surface area contributed by atoms with E-state index in [0.717, 1.165) is 5.56 Å². The van der Waals surface area contributed by atoms with Crippen LogP contribution in [-0.4, -0.2) is 28.7 Å². The average molecular weight is 377 g/mol. The fourth-order valence-corrected chi connectivity index (χ4v) is 2.82. The molecule has 2 aromatic heterocycles. The minimum atomic E-state index is -0.453. The Kier molecular flexibility index (Phi) is 5.89. The van der Waals surface area contributed by atoms with Crippen molar-refractivity contribution in [1.29, 1.82) is 0 Å². The van der Waals surface area contributed by atoms with Crippen molar-refractivity contribution in [3.63, 3.8) is 0 Å². The molecule has 0 radical (unpaired) electrons. The van der Waals surface area contributed by atoms with Crippen LogP contribution in [0.15, 0.2) is 61.1 Å². The van der Waals surface area contributed by atoms with Crippen molar-refractivity contribution in [2.24, 2.45) is 0 Å². The van der Waals surface area contributed by atoms with E-state index in [1.807, 2.05) is 0 Å². The number of amides is 1. The summed E-state index contributed by atoms with van der Waals surface area (Å²) in [4.78, 5) is 33.7. The lowest BCUT2D eigenvalue weighted by Crippen LogP contribution is -2.25. The third kappa shape index (κ3) is 4.28. The number of carbonyl (C=O) groups excluding carboxylic acids is 2. The Morgan fingerprint density at radius 2 is 1.82 bits per heavy atom. The molecule has 0 unspecified atom stereocenters. The summed E-state index contributed by atoms with van der Waals surface area (Å²) in [6, 6.07) is 11.5. The van der Waals surface area contributed by atoms with Gasteiger partial charge in [0.25, 0.3) is 0 Å². The SMILES string of the molecule is CCC(=O)N(C)c1ccc(-c2ccc(C(=O)Cc3ccncc3)nc2)c(F)c1. The normalized spacial score (nSPS) is 10.5. The van der Waals surface area contributed by atoms with Gasteiger partial charge in [-0.3, -0.25) is 19.6 Å². The van der Waals surface area contributed by atoms with Crippen LogP contribution in [0.5, 0.6) is 0 Å². The van der Waals surface area contributed by atoms with Gasteiger partial charge in [0.15, 0.2) is 5.78 Å². The predicted molar refractivity (Wildman–Crippen MR) is 106 cm³/mol. The third-order valence-corrected chi connectivity index (χ3v) is 4.49. The highest BCUT2D eigenvalue weighted by Gasteiger charge is 2.14. The highest BCUT2D eigenvalue weighted by molar-refractivity contribution is 5.96. The molecule has 0 aliphatic rings. The molecule has 0 bridgehead atoms. The van der Waals surface area contributed by atoms with Crippen LogP contribution in [-0.2, 0) is 11.2 Å². The molecule has 0 N–H and O–H groups in total. The number of Topliss-reactive ketones (excluding diaryl/α,β-unsaturated/α-hetero) is 1. The van der Waals surface area contributed by atoms with Gasteiger partial charge in [-0.2, -0.15) is 0 Å². The largest absolute Gasteiger partial charge is 0.315 e. The second kappa shape index (κ2) is 8.52. The van der Waals surface area contributed by atoms with Crippen LogP contribution >= 0.6 is 0 Å². The zero-order valence-corrected chi connectivity index (χ0v) is 15.7. The van der Waals surface area contributed by atoms with E-state index in [1.165, 1.54) is 17.2 Å². The number of hydrogen-bond donors (Lipinski definition) is 0. The topological polar surface area (TPSA) is 63.2 Å². The number of anilines is 1.